The molecule has 3 aromatic rings. The number of alkyl halides is 3. The van der Waals surface area contributed by atoms with E-state index in [9.17, 15) is 27.5 Å². The molecule has 29 heavy (non-hydrogen) atoms. The Morgan fingerprint density at radius 3 is 2.66 bits per heavy atom. The average molecular weight is 430 g/mol. The molecule has 1 amide bonds. The molecule has 0 radical (unpaired) electrons. The number of nitrogens with zero attached hydrogens (tertiary/aromatic N) is 2. The smallest absolute Gasteiger partial charge is 0.394 e. The van der Waals surface area contributed by atoms with Crippen LogP contribution in [0.2, 0.25) is 5.02 Å². The first-order chi connectivity index (χ1) is 13.7. The normalized spacial score (nSPS) is 12.6. The predicted octanol–water partition coefficient (Wildman–Crippen LogP) is 4.01. The first-order valence-electron chi connectivity index (χ1n) is 8.06. The van der Waals surface area contributed by atoms with E-state index in [4.69, 9.17) is 16.1 Å². The maximum Gasteiger partial charge on any atom is 0.416 e. The summed E-state index contributed by atoms with van der Waals surface area (Å²) >= 11 is 5.71. The monoisotopic (exact) mass is 429 g/mol. The van der Waals surface area contributed by atoms with Crippen molar-refractivity contribution in [2.24, 2.45) is 0 Å². The van der Waals surface area contributed by atoms with Crippen molar-refractivity contribution in [1.82, 2.24) is 15.5 Å². The summed E-state index contributed by atoms with van der Waals surface area (Å²) in [5.41, 5.74) is -0.961. The molecule has 1 heterocycles. The van der Waals surface area contributed by atoms with Crippen molar-refractivity contribution in [2.45, 2.75) is 12.2 Å². The zero-order chi connectivity index (χ0) is 21.2. The third-order valence-corrected chi connectivity index (χ3v) is 4.02. The van der Waals surface area contributed by atoms with Gasteiger partial charge in [-0.05, 0) is 30.3 Å². The van der Waals surface area contributed by atoms with E-state index >= 15 is 0 Å². The second-order valence-electron chi connectivity index (χ2n) is 5.90. The molecule has 1 atom stereocenters. The van der Waals surface area contributed by atoms with Crippen LogP contribution in [0.25, 0.3) is 11.4 Å². The van der Waals surface area contributed by atoms with Gasteiger partial charge in [0, 0.05) is 16.1 Å². The van der Waals surface area contributed by atoms with Crippen LogP contribution in [0.5, 0.6) is 0 Å². The third kappa shape index (κ3) is 4.90. The number of hydrogen-bond donors (Lipinski definition) is 2. The number of hydrogen-bond acceptors (Lipinski definition) is 5. The molecular formula is C18H12ClF4N3O3. The fraction of sp³-hybridized carbons (Fsp3) is 0.167. The minimum absolute atomic E-state index is 0.000298. The molecular weight excluding hydrogens is 418 g/mol. The van der Waals surface area contributed by atoms with Gasteiger partial charge in [-0.25, -0.2) is 4.39 Å². The fourth-order valence-electron chi connectivity index (χ4n) is 2.44. The summed E-state index contributed by atoms with van der Waals surface area (Å²) in [5.74, 6) is -1.90. The van der Waals surface area contributed by atoms with Gasteiger partial charge in [0.25, 0.3) is 11.8 Å². The summed E-state index contributed by atoms with van der Waals surface area (Å²) in [6.45, 7) is -0.654. The number of aliphatic hydroxyl groups is 1. The Kier molecular flexibility index (Phi) is 5.85. The van der Waals surface area contributed by atoms with Crippen molar-refractivity contribution in [3.8, 4) is 11.4 Å². The highest BCUT2D eigenvalue weighted by molar-refractivity contribution is 6.31. The molecule has 0 aliphatic carbocycles. The number of nitrogens with one attached hydrogen (secondary N) is 1. The summed E-state index contributed by atoms with van der Waals surface area (Å²) in [5, 5.41) is 15.5. The number of rotatable bonds is 5. The van der Waals surface area contributed by atoms with Crippen molar-refractivity contribution in [2.75, 3.05) is 6.61 Å². The third-order valence-electron chi connectivity index (χ3n) is 3.80. The number of aliphatic hydroxyl groups excluding tert-OH is 1. The minimum atomic E-state index is -4.55. The highest BCUT2D eigenvalue weighted by Crippen LogP contribution is 2.31. The summed E-state index contributed by atoms with van der Waals surface area (Å²) in [4.78, 5) is 16.2. The lowest BCUT2D eigenvalue weighted by atomic mass is 10.1. The molecule has 3 rings (SSSR count). The number of halogens is 5. The van der Waals surface area contributed by atoms with Gasteiger partial charge in [-0.2, -0.15) is 18.2 Å². The van der Waals surface area contributed by atoms with E-state index in [1.165, 1.54) is 18.2 Å². The van der Waals surface area contributed by atoms with Crippen LogP contribution in [0, 0.1) is 5.82 Å². The van der Waals surface area contributed by atoms with E-state index in [0.717, 1.165) is 24.3 Å². The van der Waals surface area contributed by atoms with Gasteiger partial charge in [-0.1, -0.05) is 28.9 Å². The fourth-order valence-corrected chi connectivity index (χ4v) is 2.66. The minimum Gasteiger partial charge on any atom is -0.394 e. The van der Waals surface area contributed by atoms with Crippen LogP contribution in [0.3, 0.4) is 0 Å². The standard InChI is InChI=1S/C18H12ClF4N3O3/c19-12-5-10(6-13(20)7-12)16(28)24-14(8-27)17-25-15(26-29-17)9-2-1-3-11(4-9)18(21,22)23/h1-7,14,27H,8H2,(H,24,28)/t14-/m0/s1. The van der Waals surface area contributed by atoms with E-state index in [0.29, 0.717) is 0 Å². The van der Waals surface area contributed by atoms with Gasteiger partial charge in [-0.3, -0.25) is 4.79 Å². The topological polar surface area (TPSA) is 88.2 Å². The van der Waals surface area contributed by atoms with E-state index in [1.807, 2.05) is 0 Å². The average Bonchev–Trinajstić information content (AvgIpc) is 3.14. The molecule has 0 aliphatic heterocycles. The van der Waals surface area contributed by atoms with Crippen molar-refractivity contribution < 1.29 is 32.0 Å². The molecule has 11 heteroatoms. The first kappa shape index (κ1) is 20.7. The Bertz CT molecular complexity index is 1020. The van der Waals surface area contributed by atoms with Crippen molar-refractivity contribution in [1.29, 1.82) is 0 Å². The second kappa shape index (κ2) is 8.18. The van der Waals surface area contributed by atoms with Gasteiger partial charge in [0.05, 0.1) is 12.2 Å². The second-order valence-corrected chi connectivity index (χ2v) is 6.34. The van der Waals surface area contributed by atoms with Crippen LogP contribution in [0.1, 0.15) is 27.9 Å². The van der Waals surface area contributed by atoms with Crippen LogP contribution in [0.4, 0.5) is 17.6 Å². The van der Waals surface area contributed by atoms with Gasteiger partial charge in [0.1, 0.15) is 11.9 Å². The molecule has 0 unspecified atom stereocenters. The maximum atomic E-state index is 13.4. The van der Waals surface area contributed by atoms with Gasteiger partial charge in [0.15, 0.2) is 0 Å². The largest absolute Gasteiger partial charge is 0.416 e. The molecule has 0 aliphatic rings. The molecule has 1 aromatic heterocycles. The number of aromatic nitrogens is 2. The van der Waals surface area contributed by atoms with Gasteiger partial charge in [0.2, 0.25) is 5.82 Å². The summed E-state index contributed by atoms with van der Waals surface area (Å²) < 4.78 is 56.9. The molecule has 152 valence electrons. The van der Waals surface area contributed by atoms with Crippen LogP contribution >= 0.6 is 11.6 Å². The lowest BCUT2D eigenvalue weighted by Gasteiger charge is -2.12. The van der Waals surface area contributed by atoms with E-state index < -0.39 is 36.1 Å². The van der Waals surface area contributed by atoms with E-state index in [2.05, 4.69) is 15.5 Å². The van der Waals surface area contributed by atoms with Gasteiger partial charge in [-0.15, -0.1) is 0 Å². The van der Waals surface area contributed by atoms with Crippen molar-refractivity contribution in [3.05, 3.63) is 70.3 Å². The molecule has 2 aromatic carbocycles. The van der Waals surface area contributed by atoms with Gasteiger partial charge < -0.3 is 14.9 Å². The Balaban J connectivity index is 1.82. The van der Waals surface area contributed by atoms with Crippen LogP contribution in [-0.2, 0) is 6.18 Å². The molecule has 0 saturated carbocycles. The van der Waals surface area contributed by atoms with E-state index in [1.54, 1.807) is 0 Å². The number of carbonyl (C=O) groups is 1. The lowest BCUT2D eigenvalue weighted by Crippen LogP contribution is -2.31. The zero-order valence-electron chi connectivity index (χ0n) is 14.4. The molecule has 0 saturated heterocycles. The highest BCUT2D eigenvalue weighted by Gasteiger charge is 2.31. The van der Waals surface area contributed by atoms with Crippen LogP contribution in [-0.4, -0.2) is 27.8 Å². The Hall–Kier alpha value is -2.98. The quantitative estimate of drug-likeness (QED) is 0.598. The van der Waals surface area contributed by atoms with Crippen molar-refractivity contribution >= 4 is 17.5 Å². The first-order valence-corrected chi connectivity index (χ1v) is 8.44. The SMILES string of the molecule is O=C(N[C@@H](CO)c1nc(-c2cccc(C(F)(F)F)c2)no1)c1cc(F)cc(Cl)c1. The van der Waals surface area contributed by atoms with Crippen LogP contribution < -0.4 is 5.32 Å². The van der Waals surface area contributed by atoms with Gasteiger partial charge >= 0.3 is 6.18 Å². The molecule has 0 fully saturated rings. The summed E-state index contributed by atoms with van der Waals surface area (Å²) in [7, 11) is 0. The van der Waals surface area contributed by atoms with Crippen molar-refractivity contribution in [3.63, 3.8) is 0 Å². The molecule has 6 nitrogen and oxygen atoms in total. The predicted molar refractivity (Wildman–Crippen MR) is 93.4 cm³/mol. The lowest BCUT2D eigenvalue weighted by molar-refractivity contribution is -0.137. The zero-order valence-corrected chi connectivity index (χ0v) is 15.1. The molecule has 0 spiro atoms. The summed E-state index contributed by atoms with van der Waals surface area (Å²) in [6, 6.07) is 6.28. The van der Waals surface area contributed by atoms with E-state index in [-0.39, 0.29) is 27.9 Å². The highest BCUT2D eigenvalue weighted by atomic mass is 35.5. The Morgan fingerprint density at radius 2 is 2.00 bits per heavy atom. The molecule has 0 bridgehead atoms. The molecule has 2 N–H and O–H groups in total. The number of carbonyl (C=O) groups excluding carboxylic acids is 1. The summed E-state index contributed by atoms with van der Waals surface area (Å²) in [6.07, 6.45) is -4.55. The van der Waals surface area contributed by atoms with Crippen LogP contribution in [0.15, 0.2) is 47.0 Å². The Labute approximate surface area is 166 Å². The maximum absolute atomic E-state index is 13.4. The Morgan fingerprint density at radius 1 is 1.24 bits per heavy atom. The number of benzene rings is 2. The number of amides is 1.